The summed E-state index contributed by atoms with van der Waals surface area (Å²) in [5, 5.41) is 8.96. The number of hydrogen-bond acceptors (Lipinski definition) is 3. The van der Waals surface area contributed by atoms with Crippen molar-refractivity contribution in [2.45, 2.75) is 40.0 Å². The maximum Gasteiger partial charge on any atom is 0.246 e. The molecule has 4 heteroatoms. The number of allylic oxidation sites excluding steroid dienone is 3. The molecule has 0 unspecified atom stereocenters. The summed E-state index contributed by atoms with van der Waals surface area (Å²) in [4.78, 5) is 16.5. The van der Waals surface area contributed by atoms with E-state index in [-0.39, 0.29) is 17.9 Å². The van der Waals surface area contributed by atoms with E-state index in [1.54, 1.807) is 6.08 Å². The summed E-state index contributed by atoms with van der Waals surface area (Å²) < 4.78 is 0. The van der Waals surface area contributed by atoms with Crippen LogP contribution in [-0.4, -0.2) is 60.1 Å². The molecular weight excluding hydrogens is 276 g/mol. The molecule has 0 atom stereocenters. The highest BCUT2D eigenvalue weighted by atomic mass is 16.3. The van der Waals surface area contributed by atoms with Crippen molar-refractivity contribution in [3.8, 4) is 0 Å². The van der Waals surface area contributed by atoms with Crippen molar-refractivity contribution in [3.63, 3.8) is 0 Å². The van der Waals surface area contributed by atoms with Gasteiger partial charge in [0.2, 0.25) is 5.91 Å². The molecule has 1 N–H and O–H groups in total. The van der Waals surface area contributed by atoms with Crippen molar-refractivity contribution < 1.29 is 9.90 Å². The second-order valence-corrected chi connectivity index (χ2v) is 7.16. The van der Waals surface area contributed by atoms with E-state index < -0.39 is 0 Å². The number of aliphatic hydroxyl groups excluding tert-OH is 1. The van der Waals surface area contributed by atoms with E-state index >= 15 is 0 Å². The van der Waals surface area contributed by atoms with Crippen LogP contribution in [0.3, 0.4) is 0 Å². The maximum atomic E-state index is 12.4. The van der Waals surface area contributed by atoms with Crippen molar-refractivity contribution in [1.82, 2.24) is 9.80 Å². The van der Waals surface area contributed by atoms with Crippen LogP contribution in [0.1, 0.15) is 40.0 Å². The van der Waals surface area contributed by atoms with E-state index in [4.69, 9.17) is 5.11 Å². The normalized spacial score (nSPS) is 23.4. The van der Waals surface area contributed by atoms with Gasteiger partial charge in [-0.15, -0.1) is 0 Å². The van der Waals surface area contributed by atoms with E-state index in [9.17, 15) is 4.79 Å². The zero-order valence-corrected chi connectivity index (χ0v) is 14.3. The third-order valence-corrected chi connectivity index (χ3v) is 5.04. The summed E-state index contributed by atoms with van der Waals surface area (Å²) in [6.45, 7) is 10.9. The quantitative estimate of drug-likeness (QED) is 0.810. The van der Waals surface area contributed by atoms with Gasteiger partial charge in [-0.25, -0.2) is 0 Å². The first-order chi connectivity index (χ1) is 10.4. The number of hydrogen-bond donors (Lipinski definition) is 1. The molecule has 124 valence electrons. The molecule has 0 radical (unpaired) electrons. The Bertz CT molecular complexity index is 458. The third-order valence-electron chi connectivity index (χ3n) is 5.04. The van der Waals surface area contributed by atoms with E-state index in [2.05, 4.69) is 31.7 Å². The average Bonchev–Trinajstić information content (AvgIpc) is 2.47. The molecule has 1 heterocycles. The highest BCUT2D eigenvalue weighted by Crippen LogP contribution is 2.40. The largest absolute Gasteiger partial charge is 0.395 e. The van der Waals surface area contributed by atoms with Crippen LogP contribution in [0.15, 0.2) is 23.3 Å². The molecule has 2 rings (SSSR count). The summed E-state index contributed by atoms with van der Waals surface area (Å²) in [6, 6.07) is 0. The van der Waals surface area contributed by atoms with Gasteiger partial charge in [0.05, 0.1) is 6.61 Å². The SMILES string of the molecule is CC1=C(/C=C/C(=O)N2CCN(CCO)CC2)C(C)(C)CCC1. The summed E-state index contributed by atoms with van der Waals surface area (Å²) in [7, 11) is 0. The van der Waals surface area contributed by atoms with Crippen LogP contribution in [0, 0.1) is 5.41 Å². The maximum absolute atomic E-state index is 12.4. The standard InChI is InChI=1S/C18H30N2O2/c1-15-5-4-8-18(2,3)16(15)6-7-17(22)20-11-9-19(10-12-20)13-14-21/h6-7,21H,4-5,8-14H2,1-3H3/b7-6+. The number of rotatable bonds is 4. The molecule has 0 spiro atoms. The number of piperazine rings is 1. The molecule has 1 fully saturated rings. The molecule has 1 aliphatic heterocycles. The zero-order chi connectivity index (χ0) is 16.2. The number of nitrogens with zero attached hydrogens (tertiary/aromatic N) is 2. The van der Waals surface area contributed by atoms with Gasteiger partial charge in [-0.2, -0.15) is 0 Å². The number of carbonyl (C=O) groups is 1. The van der Waals surface area contributed by atoms with E-state index in [0.29, 0.717) is 6.54 Å². The summed E-state index contributed by atoms with van der Waals surface area (Å²) >= 11 is 0. The molecule has 0 saturated carbocycles. The smallest absolute Gasteiger partial charge is 0.246 e. The Morgan fingerprint density at radius 1 is 1.27 bits per heavy atom. The van der Waals surface area contributed by atoms with Gasteiger partial charge in [-0.1, -0.05) is 25.5 Å². The third kappa shape index (κ3) is 4.20. The molecule has 22 heavy (non-hydrogen) atoms. The molecule has 0 aromatic heterocycles. The number of carbonyl (C=O) groups excluding carboxylic acids is 1. The monoisotopic (exact) mass is 306 g/mol. The van der Waals surface area contributed by atoms with Crippen LogP contribution in [0.5, 0.6) is 0 Å². The summed E-state index contributed by atoms with van der Waals surface area (Å²) in [5.41, 5.74) is 2.94. The van der Waals surface area contributed by atoms with Crippen LogP contribution in [-0.2, 0) is 4.79 Å². The molecule has 1 amide bonds. The molecule has 0 aromatic rings. The average molecular weight is 306 g/mol. The molecule has 0 bridgehead atoms. The Balaban J connectivity index is 1.94. The number of β-amino-alcohol motifs (C(OH)–C–C–N with tert-alkyl or cyclic N) is 1. The van der Waals surface area contributed by atoms with Gasteiger partial charge in [0.1, 0.15) is 0 Å². The minimum absolute atomic E-state index is 0.116. The first kappa shape index (κ1) is 17.2. The topological polar surface area (TPSA) is 43.8 Å². The van der Waals surface area contributed by atoms with Crippen molar-refractivity contribution in [3.05, 3.63) is 23.3 Å². The Hall–Kier alpha value is -1.13. The van der Waals surface area contributed by atoms with Crippen LogP contribution >= 0.6 is 0 Å². The highest BCUT2D eigenvalue weighted by Gasteiger charge is 2.27. The van der Waals surface area contributed by atoms with E-state index in [0.717, 1.165) is 32.6 Å². The van der Waals surface area contributed by atoms with Gasteiger partial charge in [0.15, 0.2) is 0 Å². The number of amides is 1. The molecule has 1 saturated heterocycles. The van der Waals surface area contributed by atoms with Crippen LogP contribution in [0.25, 0.3) is 0 Å². The van der Waals surface area contributed by atoms with Crippen molar-refractivity contribution in [2.24, 2.45) is 5.41 Å². The Morgan fingerprint density at radius 3 is 2.55 bits per heavy atom. The van der Waals surface area contributed by atoms with E-state index in [1.807, 2.05) is 4.90 Å². The van der Waals surface area contributed by atoms with Gasteiger partial charge in [-0.3, -0.25) is 9.69 Å². The fourth-order valence-electron chi connectivity index (χ4n) is 3.60. The van der Waals surface area contributed by atoms with Gasteiger partial charge < -0.3 is 10.0 Å². The minimum atomic E-state index is 0.116. The zero-order valence-electron chi connectivity index (χ0n) is 14.3. The van der Waals surface area contributed by atoms with Crippen molar-refractivity contribution in [1.29, 1.82) is 0 Å². The molecule has 4 nitrogen and oxygen atoms in total. The molecule has 0 aromatic carbocycles. The lowest BCUT2D eigenvalue weighted by molar-refractivity contribution is -0.127. The van der Waals surface area contributed by atoms with Crippen molar-refractivity contribution >= 4 is 5.91 Å². The first-order valence-electron chi connectivity index (χ1n) is 8.44. The van der Waals surface area contributed by atoms with Crippen molar-refractivity contribution in [2.75, 3.05) is 39.3 Å². The minimum Gasteiger partial charge on any atom is -0.395 e. The highest BCUT2D eigenvalue weighted by molar-refractivity contribution is 5.88. The van der Waals surface area contributed by atoms with Crippen LogP contribution in [0.2, 0.25) is 0 Å². The summed E-state index contributed by atoms with van der Waals surface area (Å²) in [5.74, 6) is 0.116. The predicted octanol–water partition coefficient (Wildman–Crippen LogP) is 2.21. The lowest BCUT2D eigenvalue weighted by Gasteiger charge is -2.34. The Kier molecular flexibility index (Phi) is 5.81. The molecule has 1 aliphatic carbocycles. The van der Waals surface area contributed by atoms with Crippen LogP contribution in [0.4, 0.5) is 0 Å². The van der Waals surface area contributed by atoms with E-state index in [1.165, 1.54) is 24.0 Å². The predicted molar refractivity (Wildman–Crippen MR) is 89.6 cm³/mol. The van der Waals surface area contributed by atoms with Crippen LogP contribution < -0.4 is 0 Å². The second kappa shape index (κ2) is 7.42. The van der Waals surface area contributed by atoms with Gasteiger partial charge in [-0.05, 0) is 37.2 Å². The molecular formula is C18H30N2O2. The van der Waals surface area contributed by atoms with Gasteiger partial charge in [0.25, 0.3) is 0 Å². The fourth-order valence-corrected chi connectivity index (χ4v) is 3.60. The molecule has 2 aliphatic rings. The summed E-state index contributed by atoms with van der Waals surface area (Å²) in [6.07, 6.45) is 7.40. The number of aliphatic hydroxyl groups is 1. The first-order valence-corrected chi connectivity index (χ1v) is 8.44. The second-order valence-electron chi connectivity index (χ2n) is 7.16. The Labute approximate surface area is 134 Å². The lowest BCUT2D eigenvalue weighted by atomic mass is 9.72. The Morgan fingerprint density at radius 2 is 1.95 bits per heavy atom. The van der Waals surface area contributed by atoms with Gasteiger partial charge >= 0.3 is 0 Å². The fraction of sp³-hybridized carbons (Fsp3) is 0.722. The van der Waals surface area contributed by atoms with Gasteiger partial charge in [0, 0.05) is 38.8 Å². The lowest BCUT2D eigenvalue weighted by Crippen LogP contribution is -2.48.